The Kier molecular flexibility index (Phi) is 21.0. The fraction of sp³-hybridized carbons (Fsp3) is 1.00. The first-order valence-electron chi connectivity index (χ1n) is 7.32. The van der Waals surface area contributed by atoms with Gasteiger partial charge in [-0.25, -0.2) is 0 Å². The van der Waals surface area contributed by atoms with Gasteiger partial charge in [0.2, 0.25) is 0 Å². The molecule has 1 radical (unpaired) electrons. The molecule has 0 aromatic heterocycles. The van der Waals surface area contributed by atoms with Gasteiger partial charge in [0, 0.05) is 26.2 Å². The smallest absolute Gasteiger partial charge is 1.00 e. The average Bonchev–Trinajstić information content (AvgIpc) is 2.33. The van der Waals surface area contributed by atoms with Gasteiger partial charge in [0.25, 0.3) is 0 Å². The van der Waals surface area contributed by atoms with Crippen molar-refractivity contribution in [1.82, 2.24) is 19.6 Å². The van der Waals surface area contributed by atoms with Crippen LogP contribution in [0.2, 0.25) is 0 Å². The number of rotatable bonds is 0. The fourth-order valence-corrected chi connectivity index (χ4v) is 2.35. The Morgan fingerprint density at radius 3 is 0.810 bits per heavy atom. The minimum absolute atomic E-state index is 0. The molecular weight excluding hydrogens is 448 g/mol. The monoisotopic (exact) mass is 477 g/mol. The predicted octanol–water partition coefficient (Wildman–Crippen LogP) is -5.49. The number of hydrogen-bond acceptors (Lipinski definition) is 4. The molecule has 0 aliphatic carbocycles. The molecule has 21 heavy (non-hydrogen) atoms. The third kappa shape index (κ3) is 14.6. The largest absolute Gasteiger partial charge is 2.00 e. The van der Waals surface area contributed by atoms with Crippen molar-refractivity contribution >= 4 is 0 Å². The summed E-state index contributed by atoms with van der Waals surface area (Å²) in [5.74, 6) is 0. The molecule has 0 N–H and O–H groups in total. The average molecular weight is 480 g/mol. The van der Waals surface area contributed by atoms with Gasteiger partial charge in [-0.3, -0.25) is 0 Å². The van der Waals surface area contributed by atoms with Gasteiger partial charge in [0.15, 0.2) is 0 Å². The van der Waals surface area contributed by atoms with Crippen LogP contribution in [0.15, 0.2) is 0 Å². The molecule has 0 saturated carbocycles. The molecule has 0 bridgehead atoms. The van der Waals surface area contributed by atoms with E-state index in [9.17, 15) is 0 Å². The molecule has 133 valence electrons. The summed E-state index contributed by atoms with van der Waals surface area (Å²) < 4.78 is 0. The maximum atomic E-state index is 2.46. The third-order valence-corrected chi connectivity index (χ3v) is 3.89. The van der Waals surface area contributed by atoms with E-state index in [0.717, 1.165) is 0 Å². The standard InChI is InChI=1S/C14H32N4.2BrH.Cu/c1-15-7-5-8-17(3)13-14-18(4)10-6-9-16(2)12-11-15;;;/h5-14H2,1-4H3;2*1H;/q;;;+2/p-2. The molecule has 0 unspecified atom stereocenters. The Labute approximate surface area is 163 Å². The van der Waals surface area contributed by atoms with Gasteiger partial charge >= 0.3 is 17.1 Å². The fourth-order valence-electron chi connectivity index (χ4n) is 2.35. The zero-order valence-corrected chi connectivity index (χ0v) is 18.0. The molecule has 0 amide bonds. The second-order valence-electron chi connectivity index (χ2n) is 5.92. The summed E-state index contributed by atoms with van der Waals surface area (Å²) >= 11 is 0. The second-order valence-corrected chi connectivity index (χ2v) is 5.92. The van der Waals surface area contributed by atoms with Gasteiger partial charge < -0.3 is 53.6 Å². The first kappa shape index (κ1) is 27.2. The topological polar surface area (TPSA) is 13.0 Å². The van der Waals surface area contributed by atoms with Crippen molar-refractivity contribution in [2.45, 2.75) is 12.8 Å². The van der Waals surface area contributed by atoms with E-state index in [1.807, 2.05) is 0 Å². The number of halogens is 2. The van der Waals surface area contributed by atoms with Crippen LogP contribution in [0.4, 0.5) is 0 Å². The quantitative estimate of drug-likeness (QED) is 0.322. The molecule has 1 heterocycles. The number of likely N-dealkylation sites (N-methyl/N-ethyl adjacent to an activating group) is 4. The van der Waals surface area contributed by atoms with Gasteiger partial charge in [-0.1, -0.05) is 0 Å². The molecule has 1 aliphatic heterocycles. The van der Waals surface area contributed by atoms with E-state index in [1.165, 1.54) is 65.2 Å². The van der Waals surface area contributed by atoms with Crippen molar-refractivity contribution in [3.8, 4) is 0 Å². The van der Waals surface area contributed by atoms with Crippen LogP contribution in [0, 0.1) is 0 Å². The van der Waals surface area contributed by atoms with Crippen molar-refractivity contribution in [3.63, 3.8) is 0 Å². The molecule has 4 nitrogen and oxygen atoms in total. The molecule has 0 aromatic rings. The van der Waals surface area contributed by atoms with Crippen LogP contribution >= 0.6 is 0 Å². The van der Waals surface area contributed by atoms with Crippen molar-refractivity contribution in [1.29, 1.82) is 0 Å². The van der Waals surface area contributed by atoms with Crippen LogP contribution in [0.25, 0.3) is 0 Å². The van der Waals surface area contributed by atoms with Gasteiger partial charge in [-0.05, 0) is 67.2 Å². The van der Waals surface area contributed by atoms with Gasteiger partial charge in [-0.15, -0.1) is 0 Å². The van der Waals surface area contributed by atoms with E-state index in [2.05, 4.69) is 47.8 Å². The summed E-state index contributed by atoms with van der Waals surface area (Å²) in [6.07, 6.45) is 2.56. The minimum atomic E-state index is 0. The van der Waals surface area contributed by atoms with Crippen LogP contribution in [-0.2, 0) is 17.1 Å². The summed E-state index contributed by atoms with van der Waals surface area (Å²) in [5, 5.41) is 0. The van der Waals surface area contributed by atoms with E-state index < -0.39 is 0 Å². The number of nitrogens with zero attached hydrogens (tertiary/aromatic N) is 4. The van der Waals surface area contributed by atoms with Crippen molar-refractivity contribution in [2.75, 3.05) is 80.5 Å². The SMILES string of the molecule is CN1CCCN(C)CCN(C)CCCN(C)CC1.[Br-].[Br-].[Cu+2]. The molecule has 0 aromatic carbocycles. The maximum absolute atomic E-state index is 2.46. The molecule has 1 saturated heterocycles. The van der Waals surface area contributed by atoms with Gasteiger partial charge in [0.1, 0.15) is 0 Å². The predicted molar refractivity (Wildman–Crippen MR) is 79.2 cm³/mol. The molecule has 1 rings (SSSR count). The Bertz CT molecular complexity index is 183. The molecular formula is C14H32Br2CuN4. The van der Waals surface area contributed by atoms with Gasteiger partial charge in [0.05, 0.1) is 0 Å². The van der Waals surface area contributed by atoms with Crippen LogP contribution in [0.5, 0.6) is 0 Å². The van der Waals surface area contributed by atoms with Crippen LogP contribution in [-0.4, -0.2) is 100 Å². The van der Waals surface area contributed by atoms with Crippen LogP contribution in [0.3, 0.4) is 0 Å². The molecule has 7 heteroatoms. The first-order valence-corrected chi connectivity index (χ1v) is 7.32. The summed E-state index contributed by atoms with van der Waals surface area (Å²) in [6, 6.07) is 0. The summed E-state index contributed by atoms with van der Waals surface area (Å²) in [5.41, 5.74) is 0. The van der Waals surface area contributed by atoms with Crippen molar-refractivity contribution < 1.29 is 51.0 Å². The van der Waals surface area contributed by atoms with E-state index in [0.29, 0.717) is 0 Å². The third-order valence-electron chi connectivity index (χ3n) is 3.89. The number of hydrogen-bond donors (Lipinski definition) is 0. The minimum Gasteiger partial charge on any atom is -1.00 e. The van der Waals surface area contributed by atoms with E-state index in [4.69, 9.17) is 0 Å². The molecule has 1 fully saturated rings. The Morgan fingerprint density at radius 2 is 0.619 bits per heavy atom. The second kappa shape index (κ2) is 16.2. The van der Waals surface area contributed by atoms with E-state index in [1.54, 1.807) is 0 Å². The normalized spacial score (nSPS) is 22.3. The van der Waals surface area contributed by atoms with Gasteiger partial charge in [-0.2, -0.15) is 0 Å². The Balaban J connectivity index is -0.00000108. The Hall–Kier alpha value is 1.32. The first-order chi connectivity index (χ1) is 8.58. The van der Waals surface area contributed by atoms with E-state index >= 15 is 0 Å². The van der Waals surface area contributed by atoms with E-state index in [-0.39, 0.29) is 51.0 Å². The van der Waals surface area contributed by atoms with Crippen molar-refractivity contribution in [2.24, 2.45) is 0 Å². The summed E-state index contributed by atoms with van der Waals surface area (Å²) in [4.78, 5) is 9.84. The van der Waals surface area contributed by atoms with Crippen molar-refractivity contribution in [3.05, 3.63) is 0 Å². The molecule has 0 spiro atoms. The summed E-state index contributed by atoms with van der Waals surface area (Å²) in [6.45, 7) is 9.63. The summed E-state index contributed by atoms with van der Waals surface area (Å²) in [7, 11) is 8.97. The Morgan fingerprint density at radius 1 is 0.429 bits per heavy atom. The maximum Gasteiger partial charge on any atom is 2.00 e. The zero-order chi connectivity index (χ0) is 13.4. The molecule has 1 aliphatic rings. The zero-order valence-electron chi connectivity index (χ0n) is 13.9. The van der Waals surface area contributed by atoms with Crippen LogP contribution < -0.4 is 34.0 Å². The molecule has 0 atom stereocenters. The van der Waals surface area contributed by atoms with Crippen LogP contribution in [0.1, 0.15) is 12.8 Å².